The first-order valence-electron chi connectivity index (χ1n) is 7.12. The minimum absolute atomic E-state index is 0.662. The van der Waals surface area contributed by atoms with Gasteiger partial charge < -0.3 is 0 Å². The van der Waals surface area contributed by atoms with E-state index in [0.29, 0.717) is 5.92 Å². The predicted octanol–water partition coefficient (Wildman–Crippen LogP) is 4.87. The summed E-state index contributed by atoms with van der Waals surface area (Å²) in [5.74, 6) is 1.42. The third-order valence-electron chi connectivity index (χ3n) is 3.91. The van der Waals surface area contributed by atoms with Gasteiger partial charge in [-0.3, -0.25) is 0 Å². The van der Waals surface area contributed by atoms with Gasteiger partial charge in [-0.05, 0) is 62.5 Å². The van der Waals surface area contributed by atoms with E-state index in [2.05, 4.69) is 24.3 Å². The van der Waals surface area contributed by atoms with Gasteiger partial charge in [-0.25, -0.2) is 0 Å². The Bertz CT molecular complexity index is 210. The summed E-state index contributed by atoms with van der Waals surface area (Å²) in [5.41, 5.74) is 0. The second-order valence-corrected chi connectivity index (χ2v) is 5.26. The van der Waals surface area contributed by atoms with Crippen LogP contribution < -0.4 is 0 Å². The Morgan fingerprint density at radius 2 is 1.75 bits per heavy atom. The van der Waals surface area contributed by atoms with Crippen LogP contribution in [0.1, 0.15) is 64.2 Å². The largest absolute Gasteiger partial charge is 0.0882 e. The van der Waals surface area contributed by atoms with Crippen molar-refractivity contribution >= 4 is 0 Å². The van der Waals surface area contributed by atoms with Crippen molar-refractivity contribution in [2.24, 2.45) is 11.8 Å². The Labute approximate surface area is 101 Å². The van der Waals surface area contributed by atoms with E-state index >= 15 is 0 Å². The molecule has 0 aromatic heterocycles. The highest BCUT2D eigenvalue weighted by molar-refractivity contribution is 4.96. The van der Waals surface area contributed by atoms with Crippen molar-refractivity contribution in [3.8, 4) is 0 Å². The summed E-state index contributed by atoms with van der Waals surface area (Å²) in [4.78, 5) is 0. The molecule has 0 saturated heterocycles. The quantitative estimate of drug-likeness (QED) is 0.549. The summed E-state index contributed by atoms with van der Waals surface area (Å²) in [6, 6.07) is 0. The maximum atomic E-state index is 3.54. The third-order valence-corrected chi connectivity index (χ3v) is 3.91. The fourth-order valence-corrected chi connectivity index (χ4v) is 2.87. The van der Waals surface area contributed by atoms with Gasteiger partial charge in [0.25, 0.3) is 0 Å². The topological polar surface area (TPSA) is 0 Å². The Morgan fingerprint density at radius 3 is 2.75 bits per heavy atom. The van der Waals surface area contributed by atoms with Crippen LogP contribution >= 0.6 is 0 Å². The van der Waals surface area contributed by atoms with Crippen LogP contribution in [0.3, 0.4) is 0 Å². The van der Waals surface area contributed by atoms with Gasteiger partial charge in [0, 0.05) is 0 Å². The molecule has 0 spiro atoms. The van der Waals surface area contributed by atoms with E-state index in [1.165, 1.54) is 57.8 Å². The van der Waals surface area contributed by atoms with Gasteiger partial charge in [-0.2, -0.15) is 0 Å². The Morgan fingerprint density at radius 1 is 0.875 bits per heavy atom. The van der Waals surface area contributed by atoms with Gasteiger partial charge in [0.15, 0.2) is 0 Å². The molecule has 0 aromatic rings. The summed E-state index contributed by atoms with van der Waals surface area (Å²) in [6.07, 6.45) is 25.2. The molecule has 0 bridgehead atoms. The van der Waals surface area contributed by atoms with Crippen molar-refractivity contribution in [3.63, 3.8) is 0 Å². The fraction of sp³-hybridized carbons (Fsp3) is 0.750. The van der Waals surface area contributed by atoms with Gasteiger partial charge in [0.05, 0.1) is 0 Å². The number of hydrogen-bond donors (Lipinski definition) is 0. The van der Waals surface area contributed by atoms with E-state index < -0.39 is 0 Å². The molecule has 0 saturated carbocycles. The molecule has 2 rings (SSSR count). The SMILES string of the molecule is [C]1=[C]\C(C2/C=C\CCCCC2)CCCCC/1. The number of rotatable bonds is 1. The minimum atomic E-state index is 0.662. The molecule has 2 aliphatic carbocycles. The molecular weight excluding hydrogens is 192 g/mol. The Balaban J connectivity index is 1.96. The predicted molar refractivity (Wildman–Crippen MR) is 68.8 cm³/mol. The maximum Gasteiger partial charge on any atom is -0.00932 e. The van der Waals surface area contributed by atoms with Gasteiger partial charge in [0.2, 0.25) is 0 Å². The van der Waals surface area contributed by atoms with E-state index in [4.69, 9.17) is 0 Å². The second kappa shape index (κ2) is 6.93. The van der Waals surface area contributed by atoms with Gasteiger partial charge >= 0.3 is 0 Å². The molecule has 2 atom stereocenters. The first kappa shape index (κ1) is 12.0. The van der Waals surface area contributed by atoms with Crippen LogP contribution in [0.5, 0.6) is 0 Å². The lowest BCUT2D eigenvalue weighted by molar-refractivity contribution is 0.369. The van der Waals surface area contributed by atoms with E-state index in [0.717, 1.165) is 12.3 Å². The lowest BCUT2D eigenvalue weighted by Gasteiger charge is -2.24. The monoisotopic (exact) mass is 216 g/mol. The van der Waals surface area contributed by atoms with Gasteiger partial charge in [-0.15, -0.1) is 0 Å². The highest BCUT2D eigenvalue weighted by Gasteiger charge is 2.18. The average Bonchev–Trinajstić information content (AvgIpc) is 2.18. The molecule has 2 aliphatic rings. The van der Waals surface area contributed by atoms with E-state index in [9.17, 15) is 0 Å². The summed E-state index contributed by atoms with van der Waals surface area (Å²) in [6.45, 7) is 0. The van der Waals surface area contributed by atoms with Gasteiger partial charge in [0.1, 0.15) is 0 Å². The maximum absolute atomic E-state index is 3.54. The van der Waals surface area contributed by atoms with Gasteiger partial charge in [-0.1, -0.05) is 37.8 Å². The zero-order valence-corrected chi connectivity index (χ0v) is 10.4. The van der Waals surface area contributed by atoms with E-state index in [1.54, 1.807) is 0 Å². The summed E-state index contributed by atoms with van der Waals surface area (Å²) in [5, 5.41) is 0. The molecular formula is C16H24. The van der Waals surface area contributed by atoms with Crippen LogP contribution in [0.4, 0.5) is 0 Å². The molecule has 0 nitrogen and oxygen atoms in total. The molecule has 16 heavy (non-hydrogen) atoms. The molecule has 88 valence electrons. The molecule has 0 aromatic carbocycles. The standard InChI is InChI=1S/C16H24/c1-3-7-11-15(12-8-4-1)16-13-9-5-2-6-10-14-16/h7,11,15-16H,1-6,8-9,12-13H2/b11-7-,14-10?. The highest BCUT2D eigenvalue weighted by atomic mass is 14.2. The summed E-state index contributed by atoms with van der Waals surface area (Å²) < 4.78 is 0. The van der Waals surface area contributed by atoms with Crippen LogP contribution in [0.2, 0.25) is 0 Å². The molecule has 0 aliphatic heterocycles. The van der Waals surface area contributed by atoms with Crippen LogP contribution in [-0.4, -0.2) is 0 Å². The van der Waals surface area contributed by atoms with Crippen molar-refractivity contribution in [3.05, 3.63) is 24.3 Å². The number of hydrogen-bond acceptors (Lipinski definition) is 0. The molecule has 2 unspecified atom stereocenters. The first-order valence-corrected chi connectivity index (χ1v) is 7.12. The molecule has 0 heteroatoms. The number of allylic oxidation sites excluding steroid dienone is 4. The molecule has 0 fully saturated rings. The first-order chi connectivity index (χ1) is 7.97. The van der Waals surface area contributed by atoms with E-state index in [-0.39, 0.29) is 0 Å². The third kappa shape index (κ3) is 3.81. The lowest BCUT2D eigenvalue weighted by Crippen LogP contribution is -2.13. The highest BCUT2D eigenvalue weighted by Crippen LogP contribution is 2.29. The molecule has 0 amide bonds. The smallest absolute Gasteiger partial charge is 0.00932 e. The zero-order chi connectivity index (χ0) is 11.1. The van der Waals surface area contributed by atoms with Crippen molar-refractivity contribution in [2.75, 3.05) is 0 Å². The van der Waals surface area contributed by atoms with Crippen LogP contribution in [-0.2, 0) is 0 Å². The summed E-state index contributed by atoms with van der Waals surface area (Å²) >= 11 is 0. The van der Waals surface area contributed by atoms with Crippen molar-refractivity contribution in [2.45, 2.75) is 64.2 Å². The average molecular weight is 216 g/mol. The fourth-order valence-electron chi connectivity index (χ4n) is 2.87. The van der Waals surface area contributed by atoms with E-state index in [1.807, 2.05) is 0 Å². The summed E-state index contributed by atoms with van der Waals surface area (Å²) in [7, 11) is 0. The van der Waals surface area contributed by atoms with Crippen molar-refractivity contribution in [1.29, 1.82) is 0 Å². The molecule has 0 N–H and O–H groups in total. The Kier molecular flexibility index (Phi) is 5.18. The second-order valence-electron chi connectivity index (χ2n) is 5.26. The van der Waals surface area contributed by atoms with Crippen LogP contribution in [0, 0.1) is 24.0 Å². The molecule has 2 radical (unpaired) electrons. The minimum Gasteiger partial charge on any atom is -0.0882 e. The van der Waals surface area contributed by atoms with Crippen molar-refractivity contribution in [1.82, 2.24) is 0 Å². The molecule has 0 heterocycles. The lowest BCUT2D eigenvalue weighted by atomic mass is 9.81. The zero-order valence-electron chi connectivity index (χ0n) is 10.4. The Hall–Kier alpha value is -0.520. The van der Waals surface area contributed by atoms with Crippen LogP contribution in [0.25, 0.3) is 0 Å². The van der Waals surface area contributed by atoms with Crippen molar-refractivity contribution < 1.29 is 0 Å². The van der Waals surface area contributed by atoms with Crippen LogP contribution in [0.15, 0.2) is 12.2 Å². The normalized spacial score (nSPS) is 36.5.